The first-order valence-electron chi connectivity index (χ1n) is 6.42. The van der Waals surface area contributed by atoms with E-state index in [1.54, 1.807) is 12.1 Å². The SMILES string of the molecule is COC(=O)c1cc(C)ccc1NCc1cccc(Br)c1O. The fraction of sp³-hybridized carbons (Fsp3) is 0.188. The van der Waals surface area contributed by atoms with Crippen LogP contribution in [0.4, 0.5) is 5.69 Å². The molecule has 0 unspecified atom stereocenters. The number of aryl methyl sites for hydroxylation is 1. The van der Waals surface area contributed by atoms with Crippen LogP contribution in [0.15, 0.2) is 40.9 Å². The highest BCUT2D eigenvalue weighted by Gasteiger charge is 2.12. The first kappa shape index (κ1) is 15.4. The van der Waals surface area contributed by atoms with Gasteiger partial charge in [-0.15, -0.1) is 0 Å². The fourth-order valence-corrected chi connectivity index (χ4v) is 2.39. The Morgan fingerprint density at radius 3 is 2.81 bits per heavy atom. The number of nitrogens with one attached hydrogen (secondary N) is 1. The second-order valence-electron chi connectivity index (χ2n) is 4.64. The molecule has 4 nitrogen and oxygen atoms in total. The van der Waals surface area contributed by atoms with E-state index >= 15 is 0 Å². The fourth-order valence-electron chi connectivity index (χ4n) is 1.98. The molecule has 0 saturated heterocycles. The van der Waals surface area contributed by atoms with Crippen molar-refractivity contribution in [1.82, 2.24) is 0 Å². The van der Waals surface area contributed by atoms with E-state index in [1.807, 2.05) is 31.2 Å². The summed E-state index contributed by atoms with van der Waals surface area (Å²) >= 11 is 3.28. The Bertz CT molecular complexity index is 671. The number of phenols is 1. The van der Waals surface area contributed by atoms with Gasteiger partial charge in [-0.3, -0.25) is 0 Å². The average Bonchev–Trinajstić information content (AvgIpc) is 2.49. The van der Waals surface area contributed by atoms with Gasteiger partial charge in [-0.25, -0.2) is 4.79 Å². The number of hydrogen-bond donors (Lipinski definition) is 2. The van der Waals surface area contributed by atoms with Gasteiger partial charge in [-0.2, -0.15) is 0 Å². The van der Waals surface area contributed by atoms with E-state index in [4.69, 9.17) is 4.74 Å². The number of aromatic hydroxyl groups is 1. The molecule has 0 amide bonds. The number of hydrogen-bond acceptors (Lipinski definition) is 4. The van der Waals surface area contributed by atoms with Crippen molar-refractivity contribution in [2.45, 2.75) is 13.5 Å². The lowest BCUT2D eigenvalue weighted by atomic mass is 10.1. The van der Waals surface area contributed by atoms with Crippen molar-refractivity contribution in [2.75, 3.05) is 12.4 Å². The molecule has 0 atom stereocenters. The Morgan fingerprint density at radius 2 is 2.10 bits per heavy atom. The molecule has 0 bridgehead atoms. The largest absolute Gasteiger partial charge is 0.506 e. The summed E-state index contributed by atoms with van der Waals surface area (Å²) in [5.41, 5.74) is 2.87. The maximum Gasteiger partial charge on any atom is 0.339 e. The van der Waals surface area contributed by atoms with Gasteiger partial charge in [-0.05, 0) is 41.1 Å². The summed E-state index contributed by atoms with van der Waals surface area (Å²) in [6, 6.07) is 10.9. The Morgan fingerprint density at radius 1 is 1.33 bits per heavy atom. The van der Waals surface area contributed by atoms with Crippen LogP contribution in [0.2, 0.25) is 0 Å². The highest BCUT2D eigenvalue weighted by molar-refractivity contribution is 9.10. The van der Waals surface area contributed by atoms with Crippen LogP contribution in [0, 0.1) is 6.92 Å². The molecule has 0 aliphatic heterocycles. The Kier molecular flexibility index (Phi) is 4.85. The lowest BCUT2D eigenvalue weighted by Crippen LogP contribution is -2.08. The topological polar surface area (TPSA) is 58.6 Å². The minimum absolute atomic E-state index is 0.191. The van der Waals surface area contributed by atoms with Gasteiger partial charge < -0.3 is 15.2 Å². The molecule has 0 aromatic heterocycles. The zero-order valence-corrected chi connectivity index (χ0v) is 13.4. The van der Waals surface area contributed by atoms with Crippen molar-refractivity contribution in [2.24, 2.45) is 0 Å². The number of esters is 1. The van der Waals surface area contributed by atoms with Crippen LogP contribution in [0.1, 0.15) is 21.5 Å². The van der Waals surface area contributed by atoms with E-state index in [-0.39, 0.29) is 11.7 Å². The molecule has 110 valence electrons. The van der Waals surface area contributed by atoms with Crippen molar-refractivity contribution in [3.05, 3.63) is 57.6 Å². The smallest absolute Gasteiger partial charge is 0.339 e. The number of carbonyl (C=O) groups excluding carboxylic acids is 1. The monoisotopic (exact) mass is 349 g/mol. The highest BCUT2D eigenvalue weighted by Crippen LogP contribution is 2.28. The summed E-state index contributed by atoms with van der Waals surface area (Å²) in [7, 11) is 1.36. The van der Waals surface area contributed by atoms with Crippen molar-refractivity contribution >= 4 is 27.6 Å². The Balaban J connectivity index is 2.24. The molecule has 2 aromatic rings. The molecule has 2 N–H and O–H groups in total. The quantitative estimate of drug-likeness (QED) is 0.822. The predicted molar refractivity (Wildman–Crippen MR) is 85.7 cm³/mol. The number of ether oxygens (including phenoxy) is 1. The van der Waals surface area contributed by atoms with E-state index in [0.717, 1.165) is 11.1 Å². The van der Waals surface area contributed by atoms with Gasteiger partial charge >= 0.3 is 5.97 Å². The van der Waals surface area contributed by atoms with Crippen LogP contribution in [0.25, 0.3) is 0 Å². The minimum Gasteiger partial charge on any atom is -0.506 e. The average molecular weight is 350 g/mol. The number of phenolic OH excluding ortho intramolecular Hbond substituents is 1. The van der Waals surface area contributed by atoms with Gasteiger partial charge in [-0.1, -0.05) is 23.8 Å². The molecular weight excluding hydrogens is 334 g/mol. The van der Waals surface area contributed by atoms with E-state index in [2.05, 4.69) is 21.2 Å². The lowest BCUT2D eigenvalue weighted by molar-refractivity contribution is 0.0601. The standard InChI is InChI=1S/C16H16BrNO3/c1-10-6-7-14(12(8-10)16(20)21-2)18-9-11-4-3-5-13(17)15(11)19/h3-8,18-19H,9H2,1-2H3. The molecule has 0 aliphatic carbocycles. The van der Waals surface area contributed by atoms with Crippen molar-refractivity contribution in [1.29, 1.82) is 0 Å². The molecule has 21 heavy (non-hydrogen) atoms. The second kappa shape index (κ2) is 6.63. The molecule has 5 heteroatoms. The van der Waals surface area contributed by atoms with Crippen molar-refractivity contribution < 1.29 is 14.6 Å². The molecule has 2 rings (SSSR count). The number of carbonyl (C=O) groups is 1. The number of para-hydroxylation sites is 1. The van der Waals surface area contributed by atoms with Gasteiger partial charge in [0.15, 0.2) is 0 Å². The first-order chi connectivity index (χ1) is 10.0. The number of halogens is 1. The zero-order valence-electron chi connectivity index (χ0n) is 11.8. The van der Waals surface area contributed by atoms with E-state index in [9.17, 15) is 9.90 Å². The van der Waals surface area contributed by atoms with Gasteiger partial charge in [0.05, 0.1) is 17.1 Å². The van der Waals surface area contributed by atoms with Crippen LogP contribution in [-0.2, 0) is 11.3 Å². The summed E-state index contributed by atoms with van der Waals surface area (Å²) in [6.45, 7) is 2.31. The van der Waals surface area contributed by atoms with Crippen LogP contribution in [0.5, 0.6) is 5.75 Å². The van der Waals surface area contributed by atoms with Gasteiger partial charge in [0.25, 0.3) is 0 Å². The first-order valence-corrected chi connectivity index (χ1v) is 7.21. The summed E-state index contributed by atoms with van der Waals surface area (Å²) in [5.74, 6) is -0.198. The number of benzene rings is 2. The molecule has 2 aromatic carbocycles. The molecule has 0 aliphatic rings. The zero-order chi connectivity index (χ0) is 15.4. The molecule has 0 radical (unpaired) electrons. The Labute approximate surface area is 131 Å². The molecule has 0 saturated carbocycles. The lowest BCUT2D eigenvalue weighted by Gasteiger charge is -2.13. The van der Waals surface area contributed by atoms with Crippen LogP contribution < -0.4 is 5.32 Å². The minimum atomic E-state index is -0.389. The molecular formula is C16H16BrNO3. The third-order valence-corrected chi connectivity index (χ3v) is 3.76. The number of anilines is 1. The number of rotatable bonds is 4. The van der Waals surface area contributed by atoms with Crippen LogP contribution in [-0.4, -0.2) is 18.2 Å². The summed E-state index contributed by atoms with van der Waals surface area (Å²) in [6.07, 6.45) is 0. The summed E-state index contributed by atoms with van der Waals surface area (Å²) in [4.78, 5) is 11.8. The second-order valence-corrected chi connectivity index (χ2v) is 5.50. The molecule has 0 spiro atoms. The molecule has 0 fully saturated rings. The maximum absolute atomic E-state index is 11.8. The molecule has 0 heterocycles. The van der Waals surface area contributed by atoms with Crippen LogP contribution >= 0.6 is 15.9 Å². The van der Waals surface area contributed by atoms with E-state index in [1.165, 1.54) is 7.11 Å². The maximum atomic E-state index is 11.8. The van der Waals surface area contributed by atoms with Crippen molar-refractivity contribution in [3.8, 4) is 5.75 Å². The van der Waals surface area contributed by atoms with Gasteiger partial charge in [0.1, 0.15) is 5.75 Å². The van der Waals surface area contributed by atoms with Crippen LogP contribution in [0.3, 0.4) is 0 Å². The third-order valence-electron chi connectivity index (χ3n) is 3.12. The van der Waals surface area contributed by atoms with Crippen molar-refractivity contribution in [3.63, 3.8) is 0 Å². The van der Waals surface area contributed by atoms with Gasteiger partial charge in [0.2, 0.25) is 0 Å². The van der Waals surface area contributed by atoms with Gasteiger partial charge in [0, 0.05) is 17.8 Å². The Hall–Kier alpha value is -2.01. The van der Waals surface area contributed by atoms with E-state index in [0.29, 0.717) is 22.3 Å². The third kappa shape index (κ3) is 3.55. The summed E-state index contributed by atoms with van der Waals surface area (Å²) < 4.78 is 5.43. The van der Waals surface area contributed by atoms with E-state index < -0.39 is 0 Å². The predicted octanol–water partition coefficient (Wildman–Crippen LogP) is 3.86. The normalized spacial score (nSPS) is 10.2. The summed E-state index contributed by atoms with van der Waals surface area (Å²) in [5, 5.41) is 13.1. The highest BCUT2D eigenvalue weighted by atomic mass is 79.9. The number of methoxy groups -OCH3 is 1.